The molecule has 2 aromatic heterocycles. The summed E-state index contributed by atoms with van der Waals surface area (Å²) in [5.41, 5.74) is 2.19. The minimum atomic E-state index is -0.0721. The zero-order valence-electron chi connectivity index (χ0n) is 21.7. The second-order valence-electron chi connectivity index (χ2n) is 11.5. The SMILES string of the molecule is O=C(NCC12CC=CC(CCC1)C2)c1cccc2nc(CC(=O)N3CCC(N4CCOCC4)CC3)cn12. The van der Waals surface area contributed by atoms with Gasteiger partial charge >= 0.3 is 0 Å². The van der Waals surface area contributed by atoms with Crippen LogP contribution in [0.15, 0.2) is 36.5 Å². The van der Waals surface area contributed by atoms with Gasteiger partial charge in [-0.05, 0) is 62.0 Å². The molecule has 0 aromatic carbocycles. The van der Waals surface area contributed by atoms with Crippen molar-refractivity contribution in [3.63, 3.8) is 0 Å². The maximum absolute atomic E-state index is 13.2. The van der Waals surface area contributed by atoms with Crippen molar-refractivity contribution in [2.45, 2.75) is 57.4 Å². The zero-order valence-corrected chi connectivity index (χ0v) is 21.7. The Balaban J connectivity index is 1.07. The van der Waals surface area contributed by atoms with E-state index in [2.05, 4.69) is 27.4 Å². The summed E-state index contributed by atoms with van der Waals surface area (Å²) in [6.45, 7) is 5.91. The fourth-order valence-electron chi connectivity index (χ4n) is 6.97. The molecule has 8 heteroatoms. The van der Waals surface area contributed by atoms with Gasteiger partial charge in [0.1, 0.15) is 11.3 Å². The third-order valence-corrected chi connectivity index (χ3v) is 9.05. The van der Waals surface area contributed by atoms with E-state index in [1.165, 1.54) is 25.7 Å². The fraction of sp³-hybridized carbons (Fsp3) is 0.621. The van der Waals surface area contributed by atoms with E-state index < -0.39 is 0 Å². The average Bonchev–Trinajstić information content (AvgIpc) is 3.35. The minimum Gasteiger partial charge on any atom is -0.379 e. The molecule has 8 nitrogen and oxygen atoms in total. The lowest BCUT2D eigenvalue weighted by Crippen LogP contribution is -2.50. The Bertz CT molecular complexity index is 1160. The number of rotatable bonds is 6. The summed E-state index contributed by atoms with van der Waals surface area (Å²) < 4.78 is 7.32. The van der Waals surface area contributed by atoms with Crippen molar-refractivity contribution in [1.82, 2.24) is 24.5 Å². The highest BCUT2D eigenvalue weighted by Crippen LogP contribution is 2.45. The van der Waals surface area contributed by atoms with Crippen molar-refractivity contribution in [1.29, 1.82) is 0 Å². The first kappa shape index (κ1) is 24.6. The van der Waals surface area contributed by atoms with Gasteiger partial charge in [0, 0.05) is 45.0 Å². The summed E-state index contributed by atoms with van der Waals surface area (Å²) in [6, 6.07) is 6.16. The number of nitrogens with one attached hydrogen (secondary N) is 1. The molecule has 1 saturated carbocycles. The average molecular weight is 506 g/mol. The Morgan fingerprint density at radius 2 is 1.95 bits per heavy atom. The molecule has 0 spiro atoms. The third-order valence-electron chi connectivity index (χ3n) is 9.05. The molecule has 1 N–H and O–H groups in total. The van der Waals surface area contributed by atoms with E-state index in [4.69, 9.17) is 4.74 Å². The van der Waals surface area contributed by atoms with Crippen LogP contribution >= 0.6 is 0 Å². The lowest BCUT2D eigenvalue weighted by atomic mass is 9.65. The number of hydrogen-bond acceptors (Lipinski definition) is 5. The van der Waals surface area contributed by atoms with Crippen LogP contribution in [0.5, 0.6) is 0 Å². The van der Waals surface area contributed by atoms with E-state index in [1.807, 2.05) is 33.7 Å². The van der Waals surface area contributed by atoms with Crippen molar-refractivity contribution >= 4 is 17.5 Å². The monoisotopic (exact) mass is 505 g/mol. The lowest BCUT2D eigenvalue weighted by Gasteiger charge is -2.42. The molecule has 2 amide bonds. The predicted molar refractivity (Wildman–Crippen MR) is 141 cm³/mol. The molecule has 2 aliphatic carbocycles. The van der Waals surface area contributed by atoms with Gasteiger partial charge < -0.3 is 15.0 Å². The number of piperidine rings is 1. The van der Waals surface area contributed by atoms with Gasteiger partial charge in [0.15, 0.2) is 0 Å². The smallest absolute Gasteiger partial charge is 0.268 e. The molecule has 6 rings (SSSR count). The molecule has 2 unspecified atom stereocenters. The standard InChI is InChI=1S/C29H39N5O3/c35-27(33-12-8-24(9-13-33)32-14-16-37-17-15-32)18-23-20-34-25(6-1-7-26(34)31-23)28(36)30-21-29-10-2-4-22(19-29)5-3-11-29/h1-2,4,6-7,20,22,24H,3,5,8-19,21H2,(H,30,36). The van der Waals surface area contributed by atoms with E-state index in [1.54, 1.807) is 0 Å². The number of allylic oxidation sites excluding steroid dienone is 2. The van der Waals surface area contributed by atoms with Gasteiger partial charge in [0.05, 0.1) is 25.3 Å². The largest absolute Gasteiger partial charge is 0.379 e. The van der Waals surface area contributed by atoms with Crippen LogP contribution in [0.1, 0.15) is 61.1 Å². The number of imidazole rings is 1. The number of amides is 2. The fourth-order valence-corrected chi connectivity index (χ4v) is 6.97. The molecule has 2 bridgehead atoms. The van der Waals surface area contributed by atoms with Crippen LogP contribution in [0.25, 0.3) is 5.65 Å². The molecule has 37 heavy (non-hydrogen) atoms. The summed E-state index contributed by atoms with van der Waals surface area (Å²) in [4.78, 5) is 35.5. The maximum Gasteiger partial charge on any atom is 0.268 e. The Kier molecular flexibility index (Phi) is 7.04. The summed E-state index contributed by atoms with van der Waals surface area (Å²) in [6.07, 6.45) is 14.7. The van der Waals surface area contributed by atoms with Gasteiger partial charge in [0.2, 0.25) is 5.91 Å². The van der Waals surface area contributed by atoms with E-state index in [0.717, 1.165) is 58.7 Å². The molecule has 2 aliphatic heterocycles. The molecule has 2 aromatic rings. The number of morpholine rings is 1. The topological polar surface area (TPSA) is 79.2 Å². The number of likely N-dealkylation sites (tertiary alicyclic amines) is 1. The van der Waals surface area contributed by atoms with E-state index in [-0.39, 0.29) is 23.7 Å². The first-order valence-corrected chi connectivity index (χ1v) is 14.1. The van der Waals surface area contributed by atoms with Crippen molar-refractivity contribution in [3.05, 3.63) is 47.9 Å². The van der Waals surface area contributed by atoms with Gasteiger partial charge in [-0.1, -0.05) is 24.6 Å². The molecular weight excluding hydrogens is 466 g/mol. The Morgan fingerprint density at radius 1 is 1.11 bits per heavy atom. The van der Waals surface area contributed by atoms with Crippen LogP contribution in [-0.2, 0) is 16.0 Å². The Labute approximate surface area is 219 Å². The molecular formula is C29H39N5O3. The van der Waals surface area contributed by atoms with Gasteiger partial charge in [0.25, 0.3) is 5.91 Å². The zero-order chi connectivity index (χ0) is 25.2. The van der Waals surface area contributed by atoms with E-state index >= 15 is 0 Å². The van der Waals surface area contributed by atoms with Gasteiger partial charge in [-0.25, -0.2) is 4.98 Å². The maximum atomic E-state index is 13.2. The van der Waals surface area contributed by atoms with Crippen LogP contribution in [0.3, 0.4) is 0 Å². The molecule has 198 valence electrons. The van der Waals surface area contributed by atoms with Gasteiger partial charge in [-0.15, -0.1) is 0 Å². The Morgan fingerprint density at radius 3 is 2.78 bits per heavy atom. The second-order valence-corrected chi connectivity index (χ2v) is 11.5. The van der Waals surface area contributed by atoms with Crippen LogP contribution in [0, 0.1) is 11.3 Å². The normalized spacial score (nSPS) is 26.9. The highest BCUT2D eigenvalue weighted by Gasteiger charge is 2.37. The lowest BCUT2D eigenvalue weighted by molar-refractivity contribution is -0.132. The van der Waals surface area contributed by atoms with Crippen molar-refractivity contribution < 1.29 is 14.3 Å². The summed E-state index contributed by atoms with van der Waals surface area (Å²) in [5.74, 6) is 0.713. The minimum absolute atomic E-state index is 0.0721. The number of nitrogens with zero attached hydrogens (tertiary/aromatic N) is 4. The number of carbonyl (C=O) groups excluding carboxylic acids is 2. The second kappa shape index (κ2) is 10.6. The van der Waals surface area contributed by atoms with Crippen molar-refractivity contribution in [3.8, 4) is 0 Å². The summed E-state index contributed by atoms with van der Waals surface area (Å²) >= 11 is 0. The van der Waals surface area contributed by atoms with Crippen LogP contribution in [-0.4, -0.2) is 83.0 Å². The molecule has 2 atom stereocenters. The van der Waals surface area contributed by atoms with Crippen LogP contribution in [0.2, 0.25) is 0 Å². The highest BCUT2D eigenvalue weighted by molar-refractivity contribution is 5.93. The number of hydrogen-bond donors (Lipinski definition) is 1. The highest BCUT2D eigenvalue weighted by atomic mass is 16.5. The Hall–Kier alpha value is -2.71. The van der Waals surface area contributed by atoms with Crippen LogP contribution in [0.4, 0.5) is 0 Å². The quantitative estimate of drug-likeness (QED) is 0.611. The van der Waals surface area contributed by atoms with Crippen molar-refractivity contribution in [2.75, 3.05) is 45.9 Å². The first-order chi connectivity index (χ1) is 18.1. The number of carbonyl (C=O) groups is 2. The summed E-state index contributed by atoms with van der Waals surface area (Å²) in [5, 5.41) is 3.23. The molecule has 2 saturated heterocycles. The number of pyridine rings is 1. The third kappa shape index (κ3) is 5.32. The van der Waals surface area contributed by atoms with E-state index in [9.17, 15) is 9.59 Å². The number of fused-ring (bicyclic) bond motifs is 3. The summed E-state index contributed by atoms with van der Waals surface area (Å²) in [7, 11) is 0. The molecule has 0 radical (unpaired) electrons. The number of aromatic nitrogens is 2. The van der Waals surface area contributed by atoms with Crippen LogP contribution < -0.4 is 5.32 Å². The predicted octanol–water partition coefficient (Wildman–Crippen LogP) is 3.07. The van der Waals surface area contributed by atoms with Gasteiger partial charge in [-0.2, -0.15) is 0 Å². The molecule has 4 aliphatic rings. The molecule has 4 heterocycles. The van der Waals surface area contributed by atoms with Crippen molar-refractivity contribution in [2.24, 2.45) is 11.3 Å². The molecule has 3 fully saturated rings. The number of ether oxygens (including phenoxy) is 1. The van der Waals surface area contributed by atoms with Gasteiger partial charge in [-0.3, -0.25) is 18.9 Å². The first-order valence-electron chi connectivity index (χ1n) is 14.1. The van der Waals surface area contributed by atoms with E-state index in [0.29, 0.717) is 35.5 Å².